The zero-order valence-electron chi connectivity index (χ0n) is 15.9. The van der Waals surface area contributed by atoms with Gasteiger partial charge in [-0.25, -0.2) is 0 Å². The topological polar surface area (TPSA) is 58.9 Å². The molecule has 4 nitrogen and oxygen atoms in total. The Kier molecular flexibility index (Phi) is 8.89. The van der Waals surface area contributed by atoms with Crippen LogP contribution >= 0.6 is 0 Å². The van der Waals surface area contributed by atoms with Crippen molar-refractivity contribution < 1.29 is 19.7 Å². The second kappa shape index (κ2) is 11.2. The second-order valence-electron chi connectivity index (χ2n) is 6.96. The minimum Gasteiger partial charge on any atom is -0.491 e. The molecular formula is C22H32O4. The van der Waals surface area contributed by atoms with Gasteiger partial charge in [0, 0.05) is 5.92 Å². The number of aliphatic hydroxyl groups excluding tert-OH is 2. The summed E-state index contributed by atoms with van der Waals surface area (Å²) in [6.45, 7) is 4.72. The van der Waals surface area contributed by atoms with Crippen LogP contribution in [0, 0.1) is 12.8 Å². The largest absolute Gasteiger partial charge is 0.491 e. The number of allylic oxidation sites excluding steroid dienone is 2. The van der Waals surface area contributed by atoms with E-state index in [1.165, 1.54) is 12.8 Å². The fourth-order valence-corrected chi connectivity index (χ4v) is 3.04. The van der Waals surface area contributed by atoms with Crippen LogP contribution in [-0.2, 0) is 4.74 Å². The predicted octanol–water partition coefficient (Wildman–Crippen LogP) is 3.80. The van der Waals surface area contributed by atoms with Gasteiger partial charge in [0.25, 0.3) is 0 Å². The maximum absolute atomic E-state index is 10.1. The van der Waals surface area contributed by atoms with Crippen LogP contribution in [-0.4, -0.2) is 41.7 Å². The van der Waals surface area contributed by atoms with Crippen molar-refractivity contribution in [2.75, 3.05) is 13.2 Å². The molecule has 0 spiro atoms. The summed E-state index contributed by atoms with van der Waals surface area (Å²) < 4.78 is 11.3. The number of hydrogen-bond acceptors (Lipinski definition) is 4. The van der Waals surface area contributed by atoms with Crippen molar-refractivity contribution in [2.45, 2.75) is 57.8 Å². The number of ether oxygens (including phenoxy) is 2. The Bertz CT molecular complexity index is 581. The molecule has 4 atom stereocenters. The van der Waals surface area contributed by atoms with Gasteiger partial charge in [-0.1, -0.05) is 56.2 Å². The van der Waals surface area contributed by atoms with Crippen LogP contribution in [0.4, 0.5) is 0 Å². The lowest BCUT2D eigenvalue weighted by Crippen LogP contribution is -2.23. The molecular weight excluding hydrogens is 328 g/mol. The van der Waals surface area contributed by atoms with E-state index in [1.54, 1.807) is 6.08 Å². The third-order valence-electron chi connectivity index (χ3n) is 4.61. The molecule has 0 aromatic heterocycles. The first kappa shape index (κ1) is 20.7. The quantitative estimate of drug-likeness (QED) is 0.492. The predicted molar refractivity (Wildman–Crippen MR) is 104 cm³/mol. The highest BCUT2D eigenvalue weighted by molar-refractivity contribution is 5.27. The Balaban J connectivity index is 1.79. The molecule has 1 saturated heterocycles. The molecule has 0 bridgehead atoms. The van der Waals surface area contributed by atoms with Crippen LogP contribution in [0.15, 0.2) is 48.6 Å². The minimum atomic E-state index is -0.711. The molecule has 0 unspecified atom stereocenters. The van der Waals surface area contributed by atoms with E-state index in [2.05, 4.69) is 19.1 Å². The first-order chi connectivity index (χ1) is 12.6. The second-order valence-corrected chi connectivity index (χ2v) is 6.96. The number of rotatable bonds is 10. The molecule has 144 valence electrons. The molecule has 1 aliphatic rings. The van der Waals surface area contributed by atoms with Crippen LogP contribution in [0.5, 0.6) is 5.75 Å². The van der Waals surface area contributed by atoms with E-state index < -0.39 is 12.2 Å². The molecule has 26 heavy (non-hydrogen) atoms. The summed E-state index contributed by atoms with van der Waals surface area (Å²) in [6, 6.07) is 7.75. The molecule has 2 N–H and O–H groups in total. The van der Waals surface area contributed by atoms with E-state index >= 15 is 0 Å². The minimum absolute atomic E-state index is 0.0361. The van der Waals surface area contributed by atoms with Gasteiger partial charge in [0.15, 0.2) is 0 Å². The van der Waals surface area contributed by atoms with Crippen LogP contribution in [0.1, 0.15) is 38.2 Å². The summed E-state index contributed by atoms with van der Waals surface area (Å²) in [5.74, 6) is 0.786. The van der Waals surface area contributed by atoms with Gasteiger partial charge in [0.2, 0.25) is 0 Å². The Morgan fingerprint density at radius 3 is 2.96 bits per heavy atom. The van der Waals surface area contributed by atoms with Gasteiger partial charge >= 0.3 is 0 Å². The maximum Gasteiger partial charge on any atom is 0.119 e. The monoisotopic (exact) mass is 360 g/mol. The van der Waals surface area contributed by atoms with Crippen molar-refractivity contribution >= 4 is 0 Å². The Hall–Kier alpha value is -1.62. The van der Waals surface area contributed by atoms with E-state index in [0.717, 1.165) is 24.2 Å². The molecule has 1 heterocycles. The standard InChI is InChI=1S/C22H32O4/c1-3-4-5-6-7-11-20-21(24)16-26-22(20)13-12-18(23)15-25-19-10-8-9-17(2)14-19/h6-10,12-14,18,20-24H,3-5,11,15-16H2,1-2H3/b7-6-,13-12+/t18-,20+,21+,22-/m1/s1. The molecule has 1 aliphatic heterocycles. The van der Waals surface area contributed by atoms with Crippen LogP contribution in [0.3, 0.4) is 0 Å². The molecule has 4 heteroatoms. The average Bonchev–Trinajstić information content (AvgIpc) is 2.98. The third-order valence-corrected chi connectivity index (χ3v) is 4.61. The molecule has 0 saturated carbocycles. The SMILES string of the molecule is CCCC/C=C\C[C@H]1[C@@H](O)CO[C@@H]1/C=C/[C@@H](O)COc1cccc(C)c1. The molecule has 0 aliphatic carbocycles. The fraction of sp³-hybridized carbons (Fsp3) is 0.545. The van der Waals surface area contributed by atoms with Gasteiger partial charge in [-0.3, -0.25) is 0 Å². The van der Waals surface area contributed by atoms with Gasteiger partial charge in [-0.05, 0) is 37.5 Å². The molecule has 1 aromatic carbocycles. The van der Waals surface area contributed by atoms with Crippen molar-refractivity contribution in [2.24, 2.45) is 5.92 Å². The maximum atomic E-state index is 10.1. The summed E-state index contributed by atoms with van der Waals surface area (Å²) in [4.78, 5) is 0. The zero-order chi connectivity index (χ0) is 18.8. The summed E-state index contributed by atoms with van der Waals surface area (Å²) in [5.41, 5.74) is 1.12. The van der Waals surface area contributed by atoms with Gasteiger partial charge in [-0.2, -0.15) is 0 Å². The third kappa shape index (κ3) is 6.94. The first-order valence-corrected chi connectivity index (χ1v) is 9.60. The number of hydrogen-bond donors (Lipinski definition) is 2. The Labute approximate surface area is 157 Å². The molecule has 1 aromatic rings. The van der Waals surface area contributed by atoms with E-state index in [4.69, 9.17) is 9.47 Å². The highest BCUT2D eigenvalue weighted by atomic mass is 16.5. The first-order valence-electron chi connectivity index (χ1n) is 9.60. The van der Waals surface area contributed by atoms with Crippen molar-refractivity contribution in [3.8, 4) is 5.75 Å². The fourth-order valence-electron chi connectivity index (χ4n) is 3.04. The van der Waals surface area contributed by atoms with Crippen molar-refractivity contribution in [3.05, 3.63) is 54.1 Å². The van der Waals surface area contributed by atoms with Crippen molar-refractivity contribution in [1.29, 1.82) is 0 Å². The van der Waals surface area contributed by atoms with Gasteiger partial charge < -0.3 is 19.7 Å². The molecule has 2 rings (SSSR count). The Morgan fingerprint density at radius 1 is 1.35 bits per heavy atom. The van der Waals surface area contributed by atoms with E-state index in [-0.39, 0.29) is 18.6 Å². The summed E-state index contributed by atoms with van der Waals surface area (Å²) in [6.07, 6.45) is 10.8. The summed E-state index contributed by atoms with van der Waals surface area (Å²) >= 11 is 0. The van der Waals surface area contributed by atoms with Crippen LogP contribution in [0.2, 0.25) is 0 Å². The molecule has 0 radical (unpaired) electrons. The highest BCUT2D eigenvalue weighted by Gasteiger charge is 2.33. The van der Waals surface area contributed by atoms with E-state index in [1.807, 2.05) is 37.3 Å². The average molecular weight is 360 g/mol. The normalized spacial score (nSPS) is 24.5. The van der Waals surface area contributed by atoms with Crippen LogP contribution in [0.25, 0.3) is 0 Å². The number of aryl methyl sites for hydroxylation is 1. The lowest BCUT2D eigenvalue weighted by atomic mass is 9.94. The van der Waals surface area contributed by atoms with E-state index in [9.17, 15) is 10.2 Å². The number of unbranched alkanes of at least 4 members (excludes halogenated alkanes) is 2. The smallest absolute Gasteiger partial charge is 0.119 e. The number of aliphatic hydroxyl groups is 2. The van der Waals surface area contributed by atoms with E-state index in [0.29, 0.717) is 6.61 Å². The van der Waals surface area contributed by atoms with Gasteiger partial charge in [0.05, 0.1) is 18.8 Å². The summed E-state index contributed by atoms with van der Waals surface area (Å²) in [5, 5.41) is 20.2. The van der Waals surface area contributed by atoms with Crippen molar-refractivity contribution in [3.63, 3.8) is 0 Å². The summed E-state index contributed by atoms with van der Waals surface area (Å²) in [7, 11) is 0. The van der Waals surface area contributed by atoms with Crippen molar-refractivity contribution in [1.82, 2.24) is 0 Å². The lowest BCUT2D eigenvalue weighted by Gasteiger charge is -2.16. The molecule has 1 fully saturated rings. The molecule has 0 amide bonds. The number of benzene rings is 1. The van der Waals surface area contributed by atoms with Gasteiger partial charge in [-0.15, -0.1) is 0 Å². The highest BCUT2D eigenvalue weighted by Crippen LogP contribution is 2.26. The van der Waals surface area contributed by atoms with Crippen LogP contribution < -0.4 is 4.74 Å². The van der Waals surface area contributed by atoms with Gasteiger partial charge in [0.1, 0.15) is 18.5 Å². The lowest BCUT2D eigenvalue weighted by molar-refractivity contribution is 0.106. The zero-order valence-corrected chi connectivity index (χ0v) is 15.9. The Morgan fingerprint density at radius 2 is 2.19 bits per heavy atom.